The smallest absolute Gasteiger partial charge is 0.154 e. The molecule has 6 nitrogen and oxygen atoms in total. The summed E-state index contributed by atoms with van der Waals surface area (Å²) in [6, 6.07) is 13.7. The van der Waals surface area contributed by atoms with Crippen molar-refractivity contribution in [2.45, 2.75) is 13.0 Å². The fourth-order valence-corrected chi connectivity index (χ4v) is 2.90. The second-order valence-corrected chi connectivity index (χ2v) is 5.49. The molecule has 0 radical (unpaired) electrons. The van der Waals surface area contributed by atoms with Crippen LogP contribution in [0.15, 0.2) is 55.0 Å². The summed E-state index contributed by atoms with van der Waals surface area (Å²) in [6.07, 6.45) is 3.63. The predicted octanol–water partition coefficient (Wildman–Crippen LogP) is 2.81. The summed E-state index contributed by atoms with van der Waals surface area (Å²) in [5.74, 6) is 0.116. The van der Waals surface area contributed by atoms with Crippen LogP contribution < -0.4 is 0 Å². The second-order valence-electron chi connectivity index (χ2n) is 5.49. The molecule has 0 saturated carbocycles. The zero-order valence-corrected chi connectivity index (χ0v) is 12.5. The van der Waals surface area contributed by atoms with Gasteiger partial charge in [-0.3, -0.25) is 0 Å². The molecule has 2 aromatic carbocycles. The number of aromatic nitrogens is 5. The highest BCUT2D eigenvalue weighted by atomic mass is 16.3. The average molecular weight is 305 g/mol. The summed E-state index contributed by atoms with van der Waals surface area (Å²) in [5.41, 5.74) is 4.19. The van der Waals surface area contributed by atoms with Crippen LogP contribution in [0.5, 0.6) is 5.75 Å². The number of phenols is 1. The predicted molar refractivity (Wildman–Crippen MR) is 86.2 cm³/mol. The molecule has 0 saturated heterocycles. The quantitative estimate of drug-likeness (QED) is 0.610. The van der Waals surface area contributed by atoms with E-state index in [-0.39, 0.29) is 11.8 Å². The Balaban J connectivity index is 1.95. The van der Waals surface area contributed by atoms with Crippen LogP contribution in [0.1, 0.15) is 22.9 Å². The molecule has 6 heteroatoms. The van der Waals surface area contributed by atoms with Crippen LogP contribution in [-0.4, -0.2) is 30.1 Å². The van der Waals surface area contributed by atoms with Crippen molar-refractivity contribution in [2.24, 2.45) is 0 Å². The van der Waals surface area contributed by atoms with Crippen molar-refractivity contribution >= 4 is 11.0 Å². The highest BCUT2D eigenvalue weighted by Crippen LogP contribution is 2.32. The largest absolute Gasteiger partial charge is 0.506 e. The van der Waals surface area contributed by atoms with Gasteiger partial charge in [-0.1, -0.05) is 30.3 Å². The van der Waals surface area contributed by atoms with Gasteiger partial charge in [-0.05, 0) is 30.2 Å². The molecule has 4 aromatic rings. The van der Waals surface area contributed by atoms with Crippen molar-refractivity contribution in [3.8, 4) is 5.75 Å². The van der Waals surface area contributed by atoms with E-state index in [0.29, 0.717) is 11.0 Å². The highest BCUT2D eigenvalue weighted by molar-refractivity contribution is 5.81. The zero-order chi connectivity index (χ0) is 15.8. The maximum absolute atomic E-state index is 10.3. The Bertz CT molecular complexity index is 957. The van der Waals surface area contributed by atoms with Crippen molar-refractivity contribution in [1.29, 1.82) is 0 Å². The van der Waals surface area contributed by atoms with E-state index in [1.54, 1.807) is 12.4 Å². The fraction of sp³-hybridized carbons (Fsp3) is 0.118. The van der Waals surface area contributed by atoms with Gasteiger partial charge < -0.3 is 9.67 Å². The molecule has 1 atom stereocenters. The van der Waals surface area contributed by atoms with E-state index < -0.39 is 0 Å². The molecule has 0 aliphatic rings. The van der Waals surface area contributed by atoms with Crippen molar-refractivity contribution in [1.82, 2.24) is 25.0 Å². The van der Waals surface area contributed by atoms with Crippen molar-refractivity contribution in [2.75, 3.05) is 0 Å². The lowest BCUT2D eigenvalue weighted by molar-refractivity contribution is 0.478. The van der Waals surface area contributed by atoms with E-state index in [1.165, 1.54) is 0 Å². The van der Waals surface area contributed by atoms with Crippen LogP contribution in [-0.2, 0) is 0 Å². The van der Waals surface area contributed by atoms with E-state index in [9.17, 15) is 5.11 Å². The molecular weight excluding hydrogens is 290 g/mol. The number of aromatic hydroxyl groups is 1. The highest BCUT2D eigenvalue weighted by Gasteiger charge is 2.20. The maximum atomic E-state index is 10.3. The number of phenolic OH excluding ortho intramolecular Hbond substituents is 1. The minimum atomic E-state index is -0.0919. The molecule has 1 unspecified atom stereocenters. The number of aromatic amines is 1. The first-order valence-corrected chi connectivity index (χ1v) is 7.31. The summed E-state index contributed by atoms with van der Waals surface area (Å²) in [5, 5.41) is 20.9. The summed E-state index contributed by atoms with van der Waals surface area (Å²) < 4.78 is 2.08. The Morgan fingerprint density at radius 3 is 2.65 bits per heavy atom. The van der Waals surface area contributed by atoms with Gasteiger partial charge in [0.1, 0.15) is 11.3 Å². The monoisotopic (exact) mass is 305 g/mol. The lowest BCUT2D eigenvalue weighted by atomic mass is 9.97. The number of nitrogens with zero attached hydrogens (tertiary/aromatic N) is 4. The number of fused-ring (bicyclic) bond motifs is 1. The van der Waals surface area contributed by atoms with Gasteiger partial charge in [0.25, 0.3) is 0 Å². The van der Waals surface area contributed by atoms with E-state index in [1.807, 2.05) is 37.4 Å². The third-order valence-corrected chi connectivity index (χ3v) is 3.99. The first-order valence-electron chi connectivity index (χ1n) is 7.31. The second kappa shape index (κ2) is 5.24. The summed E-state index contributed by atoms with van der Waals surface area (Å²) in [7, 11) is 0. The summed E-state index contributed by atoms with van der Waals surface area (Å²) in [4.78, 5) is 4.23. The lowest BCUT2D eigenvalue weighted by Gasteiger charge is -2.21. The lowest BCUT2D eigenvalue weighted by Crippen LogP contribution is -2.12. The molecule has 0 amide bonds. The number of imidazole rings is 1. The number of hydrogen-bond donors (Lipinski definition) is 2. The number of rotatable bonds is 3. The standard InChI is InChI=1S/C17H15N5O/c1-11-9-18-10-22(11)17(12-5-3-2-4-6-12)13-7-14-16(15(23)8-13)20-21-19-14/h2-10,17,23H,1H3,(H,19,20,21). The molecule has 0 spiro atoms. The Morgan fingerprint density at radius 2 is 1.91 bits per heavy atom. The first-order chi connectivity index (χ1) is 11.2. The summed E-state index contributed by atoms with van der Waals surface area (Å²) >= 11 is 0. The number of hydrogen-bond acceptors (Lipinski definition) is 4. The van der Waals surface area contributed by atoms with Crippen molar-refractivity contribution in [3.63, 3.8) is 0 Å². The van der Waals surface area contributed by atoms with Crippen LogP contribution in [0.4, 0.5) is 0 Å². The van der Waals surface area contributed by atoms with Gasteiger partial charge in [0.05, 0.1) is 12.4 Å². The van der Waals surface area contributed by atoms with E-state index in [2.05, 4.69) is 37.1 Å². The first kappa shape index (κ1) is 13.5. The van der Waals surface area contributed by atoms with Crippen LogP contribution in [0.25, 0.3) is 11.0 Å². The molecule has 2 heterocycles. The normalized spacial score (nSPS) is 12.6. The van der Waals surface area contributed by atoms with E-state index in [4.69, 9.17) is 0 Å². The number of aryl methyl sites for hydroxylation is 1. The molecule has 0 aliphatic heterocycles. The minimum Gasteiger partial charge on any atom is -0.506 e. The average Bonchev–Trinajstić information content (AvgIpc) is 3.19. The summed E-state index contributed by atoms with van der Waals surface area (Å²) in [6.45, 7) is 2.01. The van der Waals surface area contributed by atoms with Gasteiger partial charge in [-0.2, -0.15) is 15.4 Å². The topological polar surface area (TPSA) is 79.6 Å². The SMILES string of the molecule is Cc1cncn1C(c1ccccc1)c1cc(O)c2n[nH]nc2c1. The van der Waals surface area contributed by atoms with Crippen LogP contribution in [0.2, 0.25) is 0 Å². The molecular formula is C17H15N5O. The maximum Gasteiger partial charge on any atom is 0.154 e. The van der Waals surface area contributed by atoms with E-state index >= 15 is 0 Å². The molecule has 23 heavy (non-hydrogen) atoms. The van der Waals surface area contributed by atoms with Gasteiger partial charge in [0, 0.05) is 11.9 Å². The van der Waals surface area contributed by atoms with Crippen LogP contribution in [0, 0.1) is 6.92 Å². The van der Waals surface area contributed by atoms with Gasteiger partial charge in [-0.15, -0.1) is 0 Å². The van der Waals surface area contributed by atoms with Gasteiger partial charge in [0.2, 0.25) is 0 Å². The van der Waals surface area contributed by atoms with Crippen molar-refractivity contribution in [3.05, 3.63) is 71.8 Å². The third-order valence-electron chi connectivity index (χ3n) is 3.99. The van der Waals surface area contributed by atoms with Crippen LogP contribution >= 0.6 is 0 Å². The van der Waals surface area contributed by atoms with Crippen molar-refractivity contribution < 1.29 is 5.11 Å². The Morgan fingerprint density at radius 1 is 1.09 bits per heavy atom. The molecule has 4 rings (SSSR count). The molecule has 2 N–H and O–H groups in total. The third kappa shape index (κ3) is 2.24. The molecule has 114 valence electrons. The molecule has 0 bridgehead atoms. The van der Waals surface area contributed by atoms with Crippen LogP contribution in [0.3, 0.4) is 0 Å². The minimum absolute atomic E-state index is 0.0919. The van der Waals surface area contributed by atoms with E-state index in [0.717, 1.165) is 16.8 Å². The Hall–Kier alpha value is -3.15. The zero-order valence-electron chi connectivity index (χ0n) is 12.5. The number of H-pyrrole nitrogens is 1. The van der Waals surface area contributed by atoms with Gasteiger partial charge in [-0.25, -0.2) is 4.98 Å². The molecule has 2 aromatic heterocycles. The van der Waals surface area contributed by atoms with Gasteiger partial charge >= 0.3 is 0 Å². The fourth-order valence-electron chi connectivity index (χ4n) is 2.90. The molecule has 0 fully saturated rings. The van der Waals surface area contributed by atoms with Gasteiger partial charge in [0.15, 0.2) is 5.52 Å². The Kier molecular flexibility index (Phi) is 3.08. The molecule has 0 aliphatic carbocycles. The number of benzene rings is 2. The Labute approximate surface area is 132 Å². The number of nitrogens with one attached hydrogen (secondary N) is 1.